The minimum Gasteiger partial charge on any atom is -0.494 e. The molecule has 5 heteroatoms. The van der Waals surface area contributed by atoms with E-state index in [1.807, 2.05) is 73.8 Å². The summed E-state index contributed by atoms with van der Waals surface area (Å²) in [5.74, 6) is -0.940. The Balaban J connectivity index is 1.29. The SMILES string of the molecule is CCOc1ccc(N2C(=O)C3C4c5ccccc5C(C=NCc5cccc6ccccc56)(c5ccccc54)C3C2=O)cc1. The maximum absolute atomic E-state index is 14.6. The average molecular weight is 563 g/mol. The smallest absolute Gasteiger partial charge is 0.239 e. The van der Waals surface area contributed by atoms with Gasteiger partial charge in [-0.3, -0.25) is 14.6 Å². The molecule has 2 unspecified atom stereocenters. The highest BCUT2D eigenvalue weighted by Crippen LogP contribution is 2.63. The Morgan fingerprint density at radius 3 is 2.14 bits per heavy atom. The first-order valence-corrected chi connectivity index (χ1v) is 14.9. The lowest BCUT2D eigenvalue weighted by Gasteiger charge is -2.52. The predicted octanol–water partition coefficient (Wildman–Crippen LogP) is 7.06. The van der Waals surface area contributed by atoms with E-state index < -0.39 is 17.3 Å². The van der Waals surface area contributed by atoms with E-state index in [0.29, 0.717) is 24.6 Å². The summed E-state index contributed by atoms with van der Waals surface area (Å²) in [7, 11) is 0. The molecule has 4 aliphatic rings. The van der Waals surface area contributed by atoms with Gasteiger partial charge in [0.1, 0.15) is 5.75 Å². The van der Waals surface area contributed by atoms with E-state index in [1.165, 1.54) is 15.7 Å². The lowest BCUT2D eigenvalue weighted by atomic mass is 9.47. The molecule has 5 nitrogen and oxygen atoms in total. The van der Waals surface area contributed by atoms with E-state index in [4.69, 9.17) is 9.73 Å². The Hall–Kier alpha value is -5.03. The van der Waals surface area contributed by atoms with Crippen LogP contribution in [0, 0.1) is 11.8 Å². The molecule has 2 atom stereocenters. The van der Waals surface area contributed by atoms with Crippen LogP contribution in [0.5, 0.6) is 5.75 Å². The molecule has 9 rings (SSSR count). The first-order valence-electron chi connectivity index (χ1n) is 14.9. The number of hydrogen-bond acceptors (Lipinski definition) is 4. The second-order valence-corrected chi connectivity index (χ2v) is 11.6. The van der Waals surface area contributed by atoms with Crippen LogP contribution < -0.4 is 9.64 Å². The Labute approximate surface area is 250 Å². The highest BCUT2D eigenvalue weighted by atomic mass is 16.5. The molecule has 0 aromatic heterocycles. The number of carbonyl (C=O) groups is 2. The number of imide groups is 1. The average Bonchev–Trinajstić information content (AvgIpc) is 3.32. The number of aliphatic imine (C=N–C) groups is 1. The monoisotopic (exact) mass is 562 g/mol. The number of nitrogens with zero attached hydrogens (tertiary/aromatic N) is 2. The number of hydrogen-bond donors (Lipinski definition) is 0. The molecule has 5 aromatic rings. The summed E-state index contributed by atoms with van der Waals surface area (Å²) in [5.41, 5.74) is 5.17. The minimum absolute atomic E-state index is 0.153. The Morgan fingerprint density at radius 1 is 0.767 bits per heavy atom. The van der Waals surface area contributed by atoms with E-state index in [9.17, 15) is 9.59 Å². The van der Waals surface area contributed by atoms with Crippen molar-refractivity contribution in [1.29, 1.82) is 0 Å². The molecular formula is C38H30N2O3. The van der Waals surface area contributed by atoms with Crippen molar-refractivity contribution in [3.8, 4) is 5.75 Å². The molecule has 2 bridgehead atoms. The summed E-state index contributed by atoms with van der Waals surface area (Å²) in [4.78, 5) is 35.5. The Kier molecular flexibility index (Phi) is 5.83. The number of amides is 2. The third kappa shape index (κ3) is 3.61. The molecule has 210 valence electrons. The van der Waals surface area contributed by atoms with E-state index in [2.05, 4.69) is 54.6 Å². The van der Waals surface area contributed by atoms with E-state index in [-0.39, 0.29) is 17.7 Å². The number of carbonyl (C=O) groups excluding carboxylic acids is 2. The van der Waals surface area contributed by atoms with Crippen LogP contribution in [0.2, 0.25) is 0 Å². The fourth-order valence-corrected chi connectivity index (χ4v) is 7.88. The number of benzene rings is 5. The summed E-state index contributed by atoms with van der Waals surface area (Å²) in [6.07, 6.45) is 1.99. The molecule has 5 aromatic carbocycles. The van der Waals surface area contributed by atoms with Gasteiger partial charge < -0.3 is 4.74 Å². The molecule has 1 heterocycles. The van der Waals surface area contributed by atoms with Crippen LogP contribution in [0.15, 0.2) is 120 Å². The topological polar surface area (TPSA) is 59.0 Å². The summed E-state index contributed by atoms with van der Waals surface area (Å²) < 4.78 is 5.62. The van der Waals surface area contributed by atoms with Crippen molar-refractivity contribution in [3.05, 3.63) is 143 Å². The first kappa shape index (κ1) is 25.7. The van der Waals surface area contributed by atoms with E-state index in [0.717, 1.165) is 27.8 Å². The lowest BCUT2D eigenvalue weighted by Crippen LogP contribution is -2.54. The van der Waals surface area contributed by atoms with Crippen molar-refractivity contribution in [1.82, 2.24) is 0 Å². The number of ether oxygens (including phenoxy) is 1. The van der Waals surface area contributed by atoms with Gasteiger partial charge in [0, 0.05) is 12.1 Å². The van der Waals surface area contributed by atoms with Gasteiger partial charge in [0.25, 0.3) is 0 Å². The maximum Gasteiger partial charge on any atom is 0.239 e. The van der Waals surface area contributed by atoms with Gasteiger partial charge in [-0.15, -0.1) is 0 Å². The normalized spacial score (nSPS) is 23.5. The summed E-state index contributed by atoms with van der Waals surface area (Å²) in [6.45, 7) is 2.95. The number of anilines is 1. The van der Waals surface area contributed by atoms with Crippen molar-refractivity contribution < 1.29 is 14.3 Å². The van der Waals surface area contributed by atoms with E-state index in [1.54, 1.807) is 0 Å². The largest absolute Gasteiger partial charge is 0.494 e. The lowest BCUT2D eigenvalue weighted by molar-refractivity contribution is -0.122. The van der Waals surface area contributed by atoms with Gasteiger partial charge in [0.2, 0.25) is 11.8 Å². The van der Waals surface area contributed by atoms with Crippen molar-refractivity contribution >= 4 is 34.5 Å². The standard InChI is InChI=1S/C38H30N2O3/c1-2-43-27-20-18-26(19-21-27)40-36(41)34-33-29-14-5-7-16-31(29)38(35(34)37(40)42,32-17-8-6-15-30(32)33)23-39-22-25-12-9-11-24-10-3-4-13-28(24)25/h3-21,23,33-35H,2,22H2,1H3. The predicted molar refractivity (Wildman–Crippen MR) is 169 cm³/mol. The third-order valence-electron chi connectivity index (χ3n) is 9.53. The van der Waals surface area contributed by atoms with Gasteiger partial charge in [-0.2, -0.15) is 0 Å². The zero-order valence-electron chi connectivity index (χ0n) is 23.8. The fraction of sp³-hybridized carbons (Fsp3) is 0.184. The van der Waals surface area contributed by atoms with Crippen LogP contribution in [0.4, 0.5) is 5.69 Å². The maximum atomic E-state index is 14.6. The van der Waals surface area contributed by atoms with Gasteiger partial charge >= 0.3 is 0 Å². The quantitative estimate of drug-likeness (QED) is 0.164. The van der Waals surface area contributed by atoms with Crippen molar-refractivity contribution in [3.63, 3.8) is 0 Å². The first-order chi connectivity index (χ1) is 21.1. The van der Waals surface area contributed by atoms with Crippen LogP contribution >= 0.6 is 0 Å². The van der Waals surface area contributed by atoms with Gasteiger partial charge in [-0.1, -0.05) is 91.0 Å². The summed E-state index contributed by atoms with van der Waals surface area (Å²) in [6, 6.07) is 38.5. The van der Waals surface area contributed by atoms with Crippen molar-refractivity contribution in [2.24, 2.45) is 16.8 Å². The van der Waals surface area contributed by atoms with Gasteiger partial charge in [-0.05, 0) is 69.8 Å². The highest BCUT2D eigenvalue weighted by Gasteiger charge is 2.67. The van der Waals surface area contributed by atoms with E-state index >= 15 is 0 Å². The second kappa shape index (κ2) is 9.77. The van der Waals surface area contributed by atoms with Gasteiger partial charge in [0.05, 0.1) is 36.1 Å². The molecule has 1 fully saturated rings. The molecular weight excluding hydrogens is 532 g/mol. The van der Waals surface area contributed by atoms with Crippen molar-refractivity contribution in [2.45, 2.75) is 24.8 Å². The fourth-order valence-electron chi connectivity index (χ4n) is 7.88. The zero-order valence-corrected chi connectivity index (χ0v) is 23.8. The molecule has 43 heavy (non-hydrogen) atoms. The van der Waals surface area contributed by atoms with Crippen LogP contribution in [-0.4, -0.2) is 24.6 Å². The second-order valence-electron chi connectivity index (χ2n) is 11.6. The van der Waals surface area contributed by atoms with Crippen molar-refractivity contribution in [2.75, 3.05) is 11.5 Å². The Bertz CT molecular complexity index is 1890. The molecule has 3 aliphatic carbocycles. The number of rotatable bonds is 6. The van der Waals surface area contributed by atoms with Gasteiger partial charge in [0.15, 0.2) is 0 Å². The van der Waals surface area contributed by atoms with Gasteiger partial charge in [-0.25, -0.2) is 4.90 Å². The van der Waals surface area contributed by atoms with Crippen LogP contribution in [-0.2, 0) is 21.5 Å². The molecule has 0 radical (unpaired) electrons. The van der Waals surface area contributed by atoms with Crippen LogP contribution in [0.1, 0.15) is 40.7 Å². The molecule has 1 saturated heterocycles. The molecule has 2 amide bonds. The van der Waals surface area contributed by atoms with Crippen LogP contribution in [0.3, 0.4) is 0 Å². The summed E-state index contributed by atoms with van der Waals surface area (Å²) >= 11 is 0. The minimum atomic E-state index is -0.871. The highest BCUT2D eigenvalue weighted by molar-refractivity contribution is 6.25. The summed E-state index contributed by atoms with van der Waals surface area (Å²) in [5, 5.41) is 2.34. The zero-order chi connectivity index (χ0) is 29.1. The third-order valence-corrected chi connectivity index (χ3v) is 9.53. The number of fused-ring (bicyclic) bond motifs is 1. The molecule has 0 N–H and O–H groups in total. The molecule has 0 saturated carbocycles. The molecule has 1 aliphatic heterocycles. The Morgan fingerprint density at radius 2 is 1.42 bits per heavy atom. The molecule has 0 spiro atoms. The van der Waals surface area contributed by atoms with Crippen LogP contribution in [0.25, 0.3) is 10.8 Å².